The van der Waals surface area contributed by atoms with Crippen molar-refractivity contribution in [1.29, 1.82) is 0 Å². The SMILES string of the molecule is CB1OOOC1(C)C. The Balaban J connectivity index is 2.54. The fraction of sp³-hybridized carbons (Fsp3) is 1.00. The van der Waals surface area contributed by atoms with Gasteiger partial charge in [-0.3, -0.25) is 4.81 Å². The van der Waals surface area contributed by atoms with Gasteiger partial charge in [0.25, 0.3) is 0 Å². The molecule has 0 spiro atoms. The lowest BCUT2D eigenvalue weighted by molar-refractivity contribution is -0.456. The summed E-state index contributed by atoms with van der Waals surface area (Å²) in [4.78, 5) is 9.38. The molecule has 1 rings (SSSR count). The molecule has 1 fully saturated rings. The molecule has 1 heterocycles. The van der Waals surface area contributed by atoms with Crippen molar-refractivity contribution in [2.75, 3.05) is 0 Å². The van der Waals surface area contributed by atoms with E-state index >= 15 is 0 Å². The summed E-state index contributed by atoms with van der Waals surface area (Å²) in [6.07, 6.45) is 0. The highest BCUT2D eigenvalue weighted by Crippen LogP contribution is 2.21. The van der Waals surface area contributed by atoms with Crippen molar-refractivity contribution in [3.05, 3.63) is 0 Å². The van der Waals surface area contributed by atoms with Crippen molar-refractivity contribution in [3.8, 4) is 0 Å². The van der Waals surface area contributed by atoms with Crippen LogP contribution in [0.5, 0.6) is 0 Å². The maximum atomic E-state index is 4.73. The highest BCUT2D eigenvalue weighted by Gasteiger charge is 2.41. The second-order valence-electron chi connectivity index (χ2n) is 2.49. The first-order chi connectivity index (χ1) is 3.63. The topological polar surface area (TPSA) is 27.7 Å². The minimum Gasteiger partial charge on any atom is -0.272 e. The molecule has 1 aliphatic heterocycles. The molecule has 0 atom stereocenters. The van der Waals surface area contributed by atoms with E-state index in [0.29, 0.717) is 0 Å². The molecule has 0 unspecified atom stereocenters. The van der Waals surface area contributed by atoms with Crippen molar-refractivity contribution < 1.29 is 14.7 Å². The summed E-state index contributed by atoms with van der Waals surface area (Å²) < 4.78 is 0. The van der Waals surface area contributed by atoms with Crippen LogP contribution < -0.4 is 0 Å². The van der Waals surface area contributed by atoms with E-state index < -0.39 is 0 Å². The third-order valence-electron chi connectivity index (χ3n) is 1.41. The molecule has 0 bridgehead atoms. The van der Waals surface area contributed by atoms with Gasteiger partial charge in [0.05, 0.1) is 0 Å². The van der Waals surface area contributed by atoms with Crippen LogP contribution in [0, 0.1) is 0 Å². The molecule has 1 aliphatic rings. The lowest BCUT2D eigenvalue weighted by Gasteiger charge is -2.10. The van der Waals surface area contributed by atoms with Crippen molar-refractivity contribution in [3.63, 3.8) is 0 Å². The Morgan fingerprint density at radius 2 is 2.00 bits per heavy atom. The van der Waals surface area contributed by atoms with E-state index in [-0.39, 0.29) is 12.4 Å². The molecule has 46 valence electrons. The highest BCUT2D eigenvalue weighted by atomic mass is 17.5. The molecular weight excluding hydrogens is 107 g/mol. The van der Waals surface area contributed by atoms with Gasteiger partial charge in [-0.1, -0.05) is 11.9 Å². The molecule has 0 radical (unpaired) electrons. The van der Waals surface area contributed by atoms with Gasteiger partial charge < -0.3 is 0 Å². The van der Waals surface area contributed by atoms with Gasteiger partial charge in [0.15, 0.2) is 0 Å². The molecular formula is C4H9BO3. The first-order valence-electron chi connectivity index (χ1n) is 2.64. The summed E-state index contributed by atoms with van der Waals surface area (Å²) in [5, 5.41) is 4.27. The van der Waals surface area contributed by atoms with E-state index in [0.717, 1.165) is 0 Å². The third-order valence-corrected chi connectivity index (χ3v) is 1.41. The van der Waals surface area contributed by atoms with Gasteiger partial charge in [0.1, 0.15) is 5.50 Å². The highest BCUT2D eigenvalue weighted by molar-refractivity contribution is 6.53. The Kier molecular flexibility index (Phi) is 1.31. The van der Waals surface area contributed by atoms with Crippen LogP contribution in [-0.4, -0.2) is 12.4 Å². The number of hydrogen-bond acceptors (Lipinski definition) is 3. The van der Waals surface area contributed by atoms with Crippen LogP contribution in [0.15, 0.2) is 0 Å². The minimum absolute atomic E-state index is 0.0162. The van der Waals surface area contributed by atoms with E-state index in [1.807, 2.05) is 20.7 Å². The van der Waals surface area contributed by atoms with Crippen LogP contribution in [0.1, 0.15) is 13.8 Å². The van der Waals surface area contributed by atoms with E-state index in [1.54, 1.807) is 0 Å². The zero-order valence-electron chi connectivity index (χ0n) is 5.30. The van der Waals surface area contributed by atoms with Gasteiger partial charge in [-0.05, 0) is 13.8 Å². The Bertz CT molecular complexity index is 93.3. The second kappa shape index (κ2) is 1.72. The predicted molar refractivity (Wildman–Crippen MR) is 29.0 cm³/mol. The van der Waals surface area contributed by atoms with Crippen molar-refractivity contribution in [1.82, 2.24) is 0 Å². The average molecular weight is 116 g/mol. The smallest absolute Gasteiger partial charge is 0.272 e. The summed E-state index contributed by atoms with van der Waals surface area (Å²) in [5.74, 6) is 0. The molecule has 0 aromatic heterocycles. The van der Waals surface area contributed by atoms with Gasteiger partial charge in [-0.15, -0.1) is 0 Å². The molecule has 1 saturated heterocycles. The largest absolute Gasteiger partial charge is 0.376 e. The molecule has 0 aromatic rings. The Morgan fingerprint density at radius 3 is 2.12 bits per heavy atom. The standard InChI is InChI=1S/C4H9BO3/c1-4(2)5(3)7-8-6-4/h1-3H3. The first kappa shape index (κ1) is 6.07. The van der Waals surface area contributed by atoms with Crippen LogP contribution >= 0.6 is 0 Å². The second-order valence-corrected chi connectivity index (χ2v) is 2.49. The summed E-state index contributed by atoms with van der Waals surface area (Å²) in [6.45, 7) is 5.73. The normalized spacial score (nSPS) is 26.6. The Hall–Kier alpha value is -0.0551. The monoisotopic (exact) mass is 116 g/mol. The van der Waals surface area contributed by atoms with Crippen LogP contribution in [0.2, 0.25) is 6.82 Å². The maximum Gasteiger partial charge on any atom is 0.376 e. The van der Waals surface area contributed by atoms with Gasteiger partial charge in [-0.2, -0.15) is 0 Å². The fourth-order valence-electron chi connectivity index (χ4n) is 0.350. The van der Waals surface area contributed by atoms with Gasteiger partial charge in [0, 0.05) is 0 Å². The van der Waals surface area contributed by atoms with Gasteiger partial charge in [0.2, 0.25) is 0 Å². The zero-order chi connectivity index (χ0) is 6.20. The summed E-state index contributed by atoms with van der Waals surface area (Å²) >= 11 is 0. The maximum absolute atomic E-state index is 4.73. The van der Waals surface area contributed by atoms with E-state index in [1.165, 1.54) is 0 Å². The van der Waals surface area contributed by atoms with Crippen molar-refractivity contribution >= 4 is 6.92 Å². The van der Waals surface area contributed by atoms with Gasteiger partial charge >= 0.3 is 6.92 Å². The van der Waals surface area contributed by atoms with E-state index in [2.05, 4.69) is 9.84 Å². The molecule has 4 heteroatoms. The van der Waals surface area contributed by atoms with Crippen LogP contribution in [-0.2, 0) is 14.7 Å². The number of hydrogen-bond donors (Lipinski definition) is 0. The Labute approximate surface area is 48.9 Å². The van der Waals surface area contributed by atoms with E-state index in [9.17, 15) is 0 Å². The van der Waals surface area contributed by atoms with Crippen LogP contribution in [0.4, 0.5) is 0 Å². The summed E-state index contributed by atoms with van der Waals surface area (Å²) in [7, 11) is 0. The Morgan fingerprint density at radius 1 is 1.38 bits per heavy atom. The molecule has 0 aliphatic carbocycles. The molecule has 0 aromatic carbocycles. The predicted octanol–water partition coefficient (Wildman–Crippen LogP) is 0.819. The lowest BCUT2D eigenvalue weighted by atomic mass is 9.57. The molecule has 0 saturated carbocycles. The van der Waals surface area contributed by atoms with E-state index in [4.69, 9.17) is 4.89 Å². The average Bonchev–Trinajstić information content (AvgIpc) is 1.86. The van der Waals surface area contributed by atoms with Crippen LogP contribution in [0.3, 0.4) is 0 Å². The van der Waals surface area contributed by atoms with Crippen LogP contribution in [0.25, 0.3) is 0 Å². The quantitative estimate of drug-likeness (QED) is 0.346. The van der Waals surface area contributed by atoms with Crippen molar-refractivity contribution in [2.45, 2.75) is 26.2 Å². The molecule has 3 nitrogen and oxygen atoms in total. The molecule has 0 amide bonds. The zero-order valence-corrected chi connectivity index (χ0v) is 5.30. The minimum atomic E-state index is -0.292. The summed E-state index contributed by atoms with van der Waals surface area (Å²) in [6, 6.07) is 0. The molecule has 8 heavy (non-hydrogen) atoms. The third kappa shape index (κ3) is 0.867. The van der Waals surface area contributed by atoms with Gasteiger partial charge in [-0.25, -0.2) is 4.89 Å². The van der Waals surface area contributed by atoms with Crippen molar-refractivity contribution in [2.24, 2.45) is 0 Å². The number of rotatable bonds is 0. The first-order valence-corrected chi connectivity index (χ1v) is 2.64. The molecule has 0 N–H and O–H groups in total. The fourth-order valence-corrected chi connectivity index (χ4v) is 0.350. The summed E-state index contributed by atoms with van der Waals surface area (Å²) in [5.41, 5.74) is -0.292. The lowest BCUT2D eigenvalue weighted by Crippen LogP contribution is -2.34.